The first-order chi connectivity index (χ1) is 9.17. The molecule has 1 aliphatic heterocycles. The molecular formula is C12H19NO5S. The minimum atomic E-state index is -0.997. The standard InChI is InChI=1S/C12H19NO5S/c1-17-12-11(16)9(10(15)8(6-14)18-12)13-5-7-3-2-4-19-7/h2-4,8-16H,5-6H2,1H3/t8-,9-,10-,11+,12+/m1/s1. The Bertz CT molecular complexity index is 358. The van der Waals surface area contributed by atoms with E-state index in [1.165, 1.54) is 7.11 Å². The molecule has 0 unspecified atom stereocenters. The van der Waals surface area contributed by atoms with Gasteiger partial charge in [-0.15, -0.1) is 11.3 Å². The van der Waals surface area contributed by atoms with Crippen molar-refractivity contribution in [3.8, 4) is 0 Å². The molecule has 5 atom stereocenters. The Kier molecular flexibility index (Phi) is 5.28. The smallest absolute Gasteiger partial charge is 0.185 e. The maximum absolute atomic E-state index is 10.1. The van der Waals surface area contributed by atoms with Gasteiger partial charge in [-0.3, -0.25) is 0 Å². The van der Waals surface area contributed by atoms with Gasteiger partial charge in [0.15, 0.2) is 6.29 Å². The first-order valence-electron chi connectivity index (χ1n) is 6.08. The van der Waals surface area contributed by atoms with Crippen molar-refractivity contribution in [2.75, 3.05) is 13.7 Å². The van der Waals surface area contributed by atoms with Crippen molar-refractivity contribution in [1.29, 1.82) is 0 Å². The van der Waals surface area contributed by atoms with Crippen LogP contribution in [0.25, 0.3) is 0 Å². The second-order valence-corrected chi connectivity index (χ2v) is 5.46. The molecule has 108 valence electrons. The monoisotopic (exact) mass is 289 g/mol. The molecule has 0 bridgehead atoms. The summed E-state index contributed by atoms with van der Waals surface area (Å²) in [5, 5.41) is 34.4. The average molecular weight is 289 g/mol. The molecule has 1 aliphatic rings. The van der Waals surface area contributed by atoms with Gasteiger partial charge in [0.1, 0.15) is 18.3 Å². The highest BCUT2D eigenvalue weighted by molar-refractivity contribution is 7.09. The summed E-state index contributed by atoms with van der Waals surface area (Å²) < 4.78 is 10.3. The van der Waals surface area contributed by atoms with E-state index in [1.54, 1.807) is 11.3 Å². The lowest BCUT2D eigenvalue weighted by molar-refractivity contribution is -0.271. The number of ether oxygens (including phenoxy) is 2. The Morgan fingerprint density at radius 2 is 2.21 bits per heavy atom. The molecule has 0 aromatic carbocycles. The highest BCUT2D eigenvalue weighted by Gasteiger charge is 2.44. The van der Waals surface area contributed by atoms with Gasteiger partial charge in [0, 0.05) is 18.5 Å². The number of methoxy groups -OCH3 is 1. The van der Waals surface area contributed by atoms with E-state index in [-0.39, 0.29) is 6.61 Å². The minimum absolute atomic E-state index is 0.328. The third kappa shape index (κ3) is 3.32. The summed E-state index contributed by atoms with van der Waals surface area (Å²) in [4.78, 5) is 1.10. The Hall–Kier alpha value is -0.540. The van der Waals surface area contributed by atoms with Crippen LogP contribution in [0, 0.1) is 0 Å². The first-order valence-corrected chi connectivity index (χ1v) is 6.96. The Labute approximate surface area is 115 Å². The molecule has 1 aromatic rings. The molecule has 6 nitrogen and oxygen atoms in total. The number of hydrogen-bond donors (Lipinski definition) is 4. The number of hydrogen-bond acceptors (Lipinski definition) is 7. The van der Waals surface area contributed by atoms with Crippen molar-refractivity contribution in [2.45, 2.75) is 37.2 Å². The van der Waals surface area contributed by atoms with Crippen LogP contribution in [-0.4, -0.2) is 59.7 Å². The van der Waals surface area contributed by atoms with E-state index in [2.05, 4.69) is 5.32 Å². The topological polar surface area (TPSA) is 91.2 Å². The van der Waals surface area contributed by atoms with Crippen LogP contribution in [0.2, 0.25) is 0 Å². The number of aliphatic hydroxyl groups is 3. The van der Waals surface area contributed by atoms with Crippen molar-refractivity contribution in [2.24, 2.45) is 0 Å². The molecule has 2 heterocycles. The van der Waals surface area contributed by atoms with Gasteiger partial charge in [0.05, 0.1) is 12.6 Å². The van der Waals surface area contributed by atoms with Crippen molar-refractivity contribution < 1.29 is 24.8 Å². The van der Waals surface area contributed by atoms with Crippen molar-refractivity contribution in [3.05, 3.63) is 22.4 Å². The molecule has 1 aromatic heterocycles. The summed E-state index contributed by atoms with van der Waals surface area (Å²) in [7, 11) is 1.41. The van der Waals surface area contributed by atoms with E-state index in [1.807, 2.05) is 17.5 Å². The van der Waals surface area contributed by atoms with Gasteiger partial charge >= 0.3 is 0 Å². The Morgan fingerprint density at radius 3 is 2.79 bits per heavy atom. The van der Waals surface area contributed by atoms with Crippen LogP contribution in [0.1, 0.15) is 4.88 Å². The number of thiophene rings is 1. The number of rotatable bonds is 5. The van der Waals surface area contributed by atoms with E-state index in [4.69, 9.17) is 9.47 Å². The van der Waals surface area contributed by atoms with E-state index in [9.17, 15) is 15.3 Å². The largest absolute Gasteiger partial charge is 0.394 e. The summed E-state index contributed by atoms with van der Waals surface area (Å²) in [6.45, 7) is 0.204. The molecule has 1 saturated heterocycles. The van der Waals surface area contributed by atoms with Crippen molar-refractivity contribution in [3.63, 3.8) is 0 Å². The second-order valence-electron chi connectivity index (χ2n) is 4.43. The van der Waals surface area contributed by atoms with E-state index in [0.717, 1.165) is 4.88 Å². The minimum Gasteiger partial charge on any atom is -0.394 e. The molecule has 0 amide bonds. The van der Waals surface area contributed by atoms with Gasteiger partial charge < -0.3 is 30.1 Å². The Balaban J connectivity index is 2.01. The fraction of sp³-hybridized carbons (Fsp3) is 0.667. The summed E-state index contributed by atoms with van der Waals surface area (Å²) in [5.74, 6) is 0. The van der Waals surface area contributed by atoms with Gasteiger partial charge in [0.2, 0.25) is 0 Å². The van der Waals surface area contributed by atoms with Crippen LogP contribution in [0.3, 0.4) is 0 Å². The highest BCUT2D eigenvalue weighted by Crippen LogP contribution is 2.22. The molecule has 2 rings (SSSR count). The van der Waals surface area contributed by atoms with Crippen LogP contribution in [0.5, 0.6) is 0 Å². The van der Waals surface area contributed by atoms with Gasteiger partial charge in [0.25, 0.3) is 0 Å². The normalized spacial score (nSPS) is 35.5. The SMILES string of the molecule is CO[C@H]1O[C@H](CO)[C@@H](O)[C@@H](NCc2cccs2)[C@@H]1O. The number of nitrogens with one attached hydrogen (secondary N) is 1. The lowest BCUT2D eigenvalue weighted by Gasteiger charge is -2.41. The predicted octanol–water partition coefficient (Wildman–Crippen LogP) is -0.708. The zero-order valence-corrected chi connectivity index (χ0v) is 11.4. The zero-order chi connectivity index (χ0) is 13.8. The van der Waals surface area contributed by atoms with Gasteiger partial charge in [-0.25, -0.2) is 0 Å². The zero-order valence-electron chi connectivity index (χ0n) is 10.6. The van der Waals surface area contributed by atoms with Gasteiger partial charge in [-0.2, -0.15) is 0 Å². The predicted molar refractivity (Wildman–Crippen MR) is 69.7 cm³/mol. The maximum atomic E-state index is 10.1. The van der Waals surface area contributed by atoms with Crippen LogP contribution in [0.4, 0.5) is 0 Å². The molecule has 7 heteroatoms. The fourth-order valence-corrected chi connectivity index (χ4v) is 2.81. The van der Waals surface area contributed by atoms with Crippen molar-refractivity contribution >= 4 is 11.3 Å². The molecule has 1 fully saturated rings. The van der Waals surface area contributed by atoms with E-state index >= 15 is 0 Å². The highest BCUT2D eigenvalue weighted by atomic mass is 32.1. The van der Waals surface area contributed by atoms with Crippen LogP contribution >= 0.6 is 11.3 Å². The lowest BCUT2D eigenvalue weighted by Crippen LogP contribution is -2.63. The quantitative estimate of drug-likeness (QED) is 0.572. The third-order valence-corrected chi connectivity index (χ3v) is 4.09. The summed E-state index contributed by atoms with van der Waals surface area (Å²) >= 11 is 1.59. The second kappa shape index (κ2) is 6.76. The molecule has 0 radical (unpaired) electrons. The van der Waals surface area contributed by atoms with Crippen LogP contribution in [-0.2, 0) is 16.0 Å². The van der Waals surface area contributed by atoms with Gasteiger partial charge in [-0.1, -0.05) is 6.07 Å². The summed E-state index contributed by atoms with van der Waals surface area (Å²) in [6, 6.07) is 3.29. The van der Waals surface area contributed by atoms with E-state index in [0.29, 0.717) is 6.54 Å². The van der Waals surface area contributed by atoms with Crippen LogP contribution < -0.4 is 5.32 Å². The molecular weight excluding hydrogens is 270 g/mol. The molecule has 0 aliphatic carbocycles. The first kappa shape index (κ1) is 14.9. The Morgan fingerprint density at radius 1 is 1.42 bits per heavy atom. The van der Waals surface area contributed by atoms with Crippen molar-refractivity contribution in [1.82, 2.24) is 5.32 Å². The molecule has 19 heavy (non-hydrogen) atoms. The molecule has 0 spiro atoms. The molecule has 0 saturated carbocycles. The lowest BCUT2D eigenvalue weighted by atomic mass is 9.96. The van der Waals surface area contributed by atoms with E-state index < -0.39 is 30.6 Å². The fourth-order valence-electron chi connectivity index (χ4n) is 2.15. The van der Waals surface area contributed by atoms with Gasteiger partial charge in [-0.05, 0) is 11.4 Å². The summed E-state index contributed by atoms with van der Waals surface area (Å²) in [5.41, 5.74) is 0. The summed E-state index contributed by atoms with van der Waals surface area (Å²) in [6.07, 6.45) is -3.62. The average Bonchev–Trinajstić information content (AvgIpc) is 2.92. The third-order valence-electron chi connectivity index (χ3n) is 3.21. The number of aliphatic hydroxyl groups excluding tert-OH is 3. The van der Waals surface area contributed by atoms with Crippen LogP contribution in [0.15, 0.2) is 17.5 Å². The molecule has 4 N–H and O–H groups in total. The maximum Gasteiger partial charge on any atom is 0.185 e.